The molecule has 0 aromatic rings. The van der Waals surface area contributed by atoms with Crippen LogP contribution in [0.1, 0.15) is 13.3 Å². The molecule has 4 heteroatoms. The molecule has 11 heavy (non-hydrogen) atoms. The molecule has 1 unspecified atom stereocenters. The van der Waals surface area contributed by atoms with E-state index in [0.717, 1.165) is 0 Å². The van der Waals surface area contributed by atoms with Gasteiger partial charge in [-0.3, -0.25) is 0 Å². The van der Waals surface area contributed by atoms with E-state index in [4.69, 9.17) is 21.1 Å². The van der Waals surface area contributed by atoms with Gasteiger partial charge in [0.2, 0.25) is 0 Å². The fraction of sp³-hybridized carbons (Fsp3) is 1.00. The average Bonchev–Trinajstić information content (AvgIpc) is 2.08. The minimum Gasteiger partial charge on any atom is -0.396 e. The molecular weight excluding hydrogens is 146 g/mol. The highest BCUT2D eigenvalue weighted by Gasteiger charge is 2.33. The molecule has 0 fully saturated rings. The molecule has 0 aliphatic carbocycles. The van der Waals surface area contributed by atoms with E-state index in [9.17, 15) is 0 Å². The molecule has 0 spiro atoms. The summed E-state index contributed by atoms with van der Waals surface area (Å²) in [6.07, 6.45) is 0.627. The van der Waals surface area contributed by atoms with Gasteiger partial charge in [-0.25, -0.2) is 0 Å². The zero-order valence-electron chi connectivity index (χ0n) is 6.82. The van der Waals surface area contributed by atoms with Crippen molar-refractivity contribution in [3.63, 3.8) is 0 Å². The fourth-order valence-corrected chi connectivity index (χ4v) is 0.935. The second kappa shape index (κ2) is 4.66. The first kappa shape index (κ1) is 10.8. The Labute approximate surface area is 66.7 Å². The molecule has 5 N–H and O–H groups in total. The lowest BCUT2D eigenvalue weighted by Gasteiger charge is -2.32. The molecule has 0 aliphatic rings. The van der Waals surface area contributed by atoms with Gasteiger partial charge in [0.05, 0.1) is 25.2 Å². The standard InChI is InChI=1S/C7H17NO3/c1-2-6(8)7(3-9,4-10)5-11/h6,9-11H,2-5,8H2,1H3. The van der Waals surface area contributed by atoms with E-state index in [1.165, 1.54) is 0 Å². The van der Waals surface area contributed by atoms with Crippen LogP contribution in [-0.2, 0) is 0 Å². The van der Waals surface area contributed by atoms with E-state index >= 15 is 0 Å². The Kier molecular flexibility index (Phi) is 4.60. The summed E-state index contributed by atoms with van der Waals surface area (Å²) in [5.41, 5.74) is 4.68. The van der Waals surface area contributed by atoms with Gasteiger partial charge in [0.15, 0.2) is 0 Å². The van der Waals surface area contributed by atoms with Gasteiger partial charge in [0, 0.05) is 6.04 Å². The summed E-state index contributed by atoms with van der Waals surface area (Å²) < 4.78 is 0. The monoisotopic (exact) mass is 163 g/mol. The maximum absolute atomic E-state index is 8.88. The normalized spacial score (nSPS) is 15.0. The summed E-state index contributed by atoms with van der Waals surface area (Å²) >= 11 is 0. The molecule has 0 saturated heterocycles. The lowest BCUT2D eigenvalue weighted by molar-refractivity contribution is -0.0139. The molecular formula is C7H17NO3. The maximum Gasteiger partial charge on any atom is 0.0547 e. The lowest BCUT2D eigenvalue weighted by Crippen LogP contribution is -2.49. The molecule has 1 atom stereocenters. The summed E-state index contributed by atoms with van der Waals surface area (Å²) in [4.78, 5) is 0. The minimum atomic E-state index is -0.922. The average molecular weight is 163 g/mol. The molecule has 0 amide bonds. The van der Waals surface area contributed by atoms with Crippen molar-refractivity contribution < 1.29 is 15.3 Å². The van der Waals surface area contributed by atoms with Crippen LogP contribution < -0.4 is 5.73 Å². The molecule has 0 aromatic carbocycles. The topological polar surface area (TPSA) is 86.7 Å². The van der Waals surface area contributed by atoms with Crippen molar-refractivity contribution in [1.29, 1.82) is 0 Å². The number of rotatable bonds is 5. The fourth-order valence-electron chi connectivity index (χ4n) is 0.935. The predicted molar refractivity (Wildman–Crippen MR) is 42.0 cm³/mol. The van der Waals surface area contributed by atoms with Crippen molar-refractivity contribution >= 4 is 0 Å². The minimum absolute atomic E-state index is 0.283. The summed E-state index contributed by atoms with van der Waals surface area (Å²) in [6.45, 7) is 0.999. The van der Waals surface area contributed by atoms with Crippen LogP contribution in [0.4, 0.5) is 0 Å². The van der Waals surface area contributed by atoms with Crippen LogP contribution in [0.5, 0.6) is 0 Å². The first-order valence-electron chi connectivity index (χ1n) is 3.75. The first-order chi connectivity index (χ1) is 5.16. The Bertz CT molecular complexity index is 95.6. The largest absolute Gasteiger partial charge is 0.396 e. The van der Waals surface area contributed by atoms with Crippen molar-refractivity contribution in [1.82, 2.24) is 0 Å². The summed E-state index contributed by atoms with van der Waals surface area (Å²) in [7, 11) is 0. The Balaban J connectivity index is 4.26. The number of nitrogens with two attached hydrogens (primary N) is 1. The Morgan fingerprint density at radius 2 is 1.55 bits per heavy atom. The van der Waals surface area contributed by atoms with Crippen molar-refractivity contribution in [2.24, 2.45) is 11.1 Å². The Morgan fingerprint density at radius 1 is 1.18 bits per heavy atom. The molecule has 4 nitrogen and oxygen atoms in total. The zero-order chi connectivity index (χ0) is 8.91. The predicted octanol–water partition coefficient (Wildman–Crippen LogP) is -1.31. The van der Waals surface area contributed by atoms with E-state index in [-0.39, 0.29) is 25.9 Å². The SMILES string of the molecule is CCC(N)C(CO)(CO)CO. The van der Waals surface area contributed by atoms with Crippen LogP contribution in [0.25, 0.3) is 0 Å². The second-order valence-corrected chi connectivity index (χ2v) is 2.85. The highest BCUT2D eigenvalue weighted by atomic mass is 16.3. The number of aliphatic hydroxyl groups excluding tert-OH is 3. The number of hydrogen-bond donors (Lipinski definition) is 4. The first-order valence-corrected chi connectivity index (χ1v) is 3.75. The van der Waals surface area contributed by atoms with Crippen molar-refractivity contribution in [3.8, 4) is 0 Å². The smallest absolute Gasteiger partial charge is 0.0547 e. The number of hydrogen-bond acceptors (Lipinski definition) is 4. The third kappa shape index (κ3) is 2.13. The van der Waals surface area contributed by atoms with Crippen molar-refractivity contribution in [3.05, 3.63) is 0 Å². The molecule has 0 saturated carbocycles. The van der Waals surface area contributed by atoms with Crippen LogP contribution in [-0.4, -0.2) is 41.2 Å². The quantitative estimate of drug-likeness (QED) is 0.405. The van der Waals surface area contributed by atoms with Crippen LogP contribution in [0, 0.1) is 5.41 Å². The van der Waals surface area contributed by atoms with Gasteiger partial charge in [-0.15, -0.1) is 0 Å². The molecule has 0 radical (unpaired) electrons. The zero-order valence-corrected chi connectivity index (χ0v) is 6.82. The second-order valence-electron chi connectivity index (χ2n) is 2.85. The van der Waals surface area contributed by atoms with Crippen LogP contribution >= 0.6 is 0 Å². The molecule has 0 aromatic heterocycles. The van der Waals surface area contributed by atoms with Gasteiger partial charge in [0.1, 0.15) is 0 Å². The molecule has 0 heterocycles. The third-order valence-corrected chi connectivity index (χ3v) is 2.17. The molecule has 0 bridgehead atoms. The third-order valence-electron chi connectivity index (χ3n) is 2.17. The number of aliphatic hydroxyl groups is 3. The van der Waals surface area contributed by atoms with Gasteiger partial charge in [-0.2, -0.15) is 0 Å². The van der Waals surface area contributed by atoms with Gasteiger partial charge < -0.3 is 21.1 Å². The van der Waals surface area contributed by atoms with Crippen molar-refractivity contribution in [2.45, 2.75) is 19.4 Å². The Morgan fingerprint density at radius 3 is 1.64 bits per heavy atom. The summed E-state index contributed by atoms with van der Waals surface area (Å²) in [5, 5.41) is 26.6. The molecule has 0 aliphatic heterocycles. The van der Waals surface area contributed by atoms with E-state index in [2.05, 4.69) is 0 Å². The molecule has 68 valence electrons. The summed E-state index contributed by atoms with van der Waals surface area (Å²) in [6, 6.07) is -0.359. The highest BCUT2D eigenvalue weighted by molar-refractivity contribution is 4.87. The summed E-state index contributed by atoms with van der Waals surface area (Å²) in [5.74, 6) is 0. The van der Waals surface area contributed by atoms with Gasteiger partial charge in [0.25, 0.3) is 0 Å². The van der Waals surface area contributed by atoms with Gasteiger partial charge in [-0.1, -0.05) is 6.92 Å². The lowest BCUT2D eigenvalue weighted by atomic mass is 9.82. The highest BCUT2D eigenvalue weighted by Crippen LogP contribution is 2.20. The maximum atomic E-state index is 8.88. The van der Waals surface area contributed by atoms with E-state index in [1.54, 1.807) is 0 Å². The van der Waals surface area contributed by atoms with Crippen molar-refractivity contribution in [2.75, 3.05) is 19.8 Å². The van der Waals surface area contributed by atoms with Crippen LogP contribution in [0.15, 0.2) is 0 Å². The van der Waals surface area contributed by atoms with E-state index < -0.39 is 5.41 Å². The molecule has 0 rings (SSSR count). The van der Waals surface area contributed by atoms with Crippen LogP contribution in [0.2, 0.25) is 0 Å². The van der Waals surface area contributed by atoms with Gasteiger partial charge >= 0.3 is 0 Å². The van der Waals surface area contributed by atoms with E-state index in [0.29, 0.717) is 6.42 Å². The van der Waals surface area contributed by atoms with Gasteiger partial charge in [-0.05, 0) is 6.42 Å². The van der Waals surface area contributed by atoms with Crippen LogP contribution in [0.3, 0.4) is 0 Å². The van der Waals surface area contributed by atoms with E-state index in [1.807, 2.05) is 6.92 Å². The Hall–Kier alpha value is -0.160.